The number of carbonyl (C=O) groups excluding carboxylic acids is 1. The number of benzene rings is 3. The predicted molar refractivity (Wildman–Crippen MR) is 126 cm³/mol. The summed E-state index contributed by atoms with van der Waals surface area (Å²) in [6, 6.07) is 19.6. The molecule has 2 aliphatic carbocycles. The van der Waals surface area contributed by atoms with E-state index in [9.17, 15) is 4.79 Å². The summed E-state index contributed by atoms with van der Waals surface area (Å²) in [4.78, 5) is 11.9. The molecule has 3 atom stereocenters. The quantitative estimate of drug-likeness (QED) is 0.328. The van der Waals surface area contributed by atoms with Gasteiger partial charge in [0.2, 0.25) is 0 Å². The van der Waals surface area contributed by atoms with Crippen molar-refractivity contribution in [3.8, 4) is 11.1 Å². The SMILES string of the molecule is C=CC(=O)c1ccc2cc(-c3ccc(C)c([C@@]45CCC(C[C@@H](C)C4)C5)c3)ccc2c1. The minimum atomic E-state index is -0.0278. The first kappa shape index (κ1) is 19.3. The van der Waals surface area contributed by atoms with Gasteiger partial charge >= 0.3 is 0 Å². The summed E-state index contributed by atoms with van der Waals surface area (Å²) in [5.74, 6) is 1.73. The molecule has 152 valence electrons. The normalized spacial score (nSPS) is 25.4. The molecule has 2 fully saturated rings. The van der Waals surface area contributed by atoms with Crippen molar-refractivity contribution in [1.29, 1.82) is 0 Å². The Morgan fingerprint density at radius 3 is 2.57 bits per heavy atom. The van der Waals surface area contributed by atoms with Crippen molar-refractivity contribution in [2.24, 2.45) is 11.8 Å². The van der Waals surface area contributed by atoms with Crippen molar-refractivity contribution >= 4 is 16.6 Å². The van der Waals surface area contributed by atoms with E-state index < -0.39 is 0 Å². The topological polar surface area (TPSA) is 17.1 Å². The summed E-state index contributed by atoms with van der Waals surface area (Å²) in [6.07, 6.45) is 8.26. The van der Waals surface area contributed by atoms with Crippen LogP contribution in [0.15, 0.2) is 67.3 Å². The van der Waals surface area contributed by atoms with E-state index in [-0.39, 0.29) is 5.78 Å². The number of hydrogen-bond donors (Lipinski definition) is 0. The number of fused-ring (bicyclic) bond motifs is 3. The van der Waals surface area contributed by atoms with E-state index >= 15 is 0 Å². The van der Waals surface area contributed by atoms with E-state index in [0.717, 1.165) is 17.2 Å². The number of carbonyl (C=O) groups is 1. The van der Waals surface area contributed by atoms with Gasteiger partial charge in [-0.15, -0.1) is 0 Å². The molecule has 5 rings (SSSR count). The Kier molecular flexibility index (Phi) is 4.65. The average Bonchev–Trinajstić information content (AvgIpc) is 3.07. The molecule has 3 aromatic carbocycles. The maximum absolute atomic E-state index is 11.9. The molecular weight excluding hydrogens is 364 g/mol. The van der Waals surface area contributed by atoms with Gasteiger partial charge in [-0.1, -0.05) is 56.0 Å². The van der Waals surface area contributed by atoms with Crippen LogP contribution >= 0.6 is 0 Å². The first-order valence-electron chi connectivity index (χ1n) is 11.3. The van der Waals surface area contributed by atoms with Crippen molar-refractivity contribution in [3.05, 3.63) is 83.9 Å². The third-order valence-corrected chi connectivity index (χ3v) is 7.64. The minimum Gasteiger partial charge on any atom is -0.289 e. The van der Waals surface area contributed by atoms with E-state index in [0.29, 0.717) is 11.0 Å². The molecule has 0 aromatic heterocycles. The summed E-state index contributed by atoms with van der Waals surface area (Å²) in [5.41, 5.74) is 6.67. The third-order valence-electron chi connectivity index (χ3n) is 7.64. The van der Waals surface area contributed by atoms with Crippen LogP contribution in [0, 0.1) is 18.8 Å². The van der Waals surface area contributed by atoms with Gasteiger partial charge in [0, 0.05) is 5.56 Å². The highest BCUT2D eigenvalue weighted by Crippen LogP contribution is 2.55. The Hall–Kier alpha value is -2.67. The van der Waals surface area contributed by atoms with Crippen molar-refractivity contribution in [2.75, 3.05) is 0 Å². The van der Waals surface area contributed by atoms with Gasteiger partial charge in [0.25, 0.3) is 0 Å². The molecule has 0 radical (unpaired) electrons. The van der Waals surface area contributed by atoms with E-state index in [1.54, 1.807) is 5.56 Å². The first-order chi connectivity index (χ1) is 14.5. The monoisotopic (exact) mass is 394 g/mol. The molecule has 0 saturated heterocycles. The van der Waals surface area contributed by atoms with E-state index in [1.165, 1.54) is 60.3 Å². The fraction of sp³-hybridized carbons (Fsp3) is 0.345. The minimum absolute atomic E-state index is 0.0278. The lowest BCUT2D eigenvalue weighted by Crippen LogP contribution is -2.30. The fourth-order valence-corrected chi connectivity index (χ4v) is 6.37. The summed E-state index contributed by atoms with van der Waals surface area (Å²) in [7, 11) is 0. The zero-order valence-electron chi connectivity index (χ0n) is 18.1. The molecular formula is C29H30O. The van der Waals surface area contributed by atoms with Crippen LogP contribution in [-0.4, -0.2) is 5.78 Å². The molecule has 2 bridgehead atoms. The van der Waals surface area contributed by atoms with Crippen LogP contribution < -0.4 is 0 Å². The lowest BCUT2D eigenvalue weighted by Gasteiger charge is -2.38. The van der Waals surface area contributed by atoms with Crippen molar-refractivity contribution < 1.29 is 4.79 Å². The van der Waals surface area contributed by atoms with Crippen molar-refractivity contribution in [2.45, 2.75) is 51.4 Å². The second-order valence-electron chi connectivity index (χ2n) is 9.81. The second kappa shape index (κ2) is 7.23. The zero-order valence-corrected chi connectivity index (χ0v) is 18.1. The largest absolute Gasteiger partial charge is 0.289 e. The highest BCUT2D eigenvalue weighted by Gasteiger charge is 2.46. The third kappa shape index (κ3) is 3.21. The number of allylic oxidation sites excluding steroid dienone is 1. The van der Waals surface area contributed by atoms with E-state index in [2.05, 4.69) is 56.8 Å². The van der Waals surface area contributed by atoms with Gasteiger partial charge in [0.05, 0.1) is 0 Å². The van der Waals surface area contributed by atoms with Crippen LogP contribution in [0.5, 0.6) is 0 Å². The maximum atomic E-state index is 11.9. The summed E-state index contributed by atoms with van der Waals surface area (Å²) in [6.45, 7) is 8.33. The fourth-order valence-electron chi connectivity index (χ4n) is 6.37. The van der Waals surface area contributed by atoms with Gasteiger partial charge in [0.15, 0.2) is 5.78 Å². The number of ketones is 1. The summed E-state index contributed by atoms with van der Waals surface area (Å²) < 4.78 is 0. The van der Waals surface area contributed by atoms with Crippen LogP contribution in [0.3, 0.4) is 0 Å². The molecule has 1 heteroatoms. The number of hydrogen-bond acceptors (Lipinski definition) is 1. The highest BCUT2D eigenvalue weighted by atomic mass is 16.1. The van der Waals surface area contributed by atoms with Crippen LogP contribution in [0.1, 0.15) is 60.5 Å². The molecule has 2 aliphatic rings. The Balaban J connectivity index is 1.55. The van der Waals surface area contributed by atoms with Gasteiger partial charge in [-0.2, -0.15) is 0 Å². The molecule has 1 unspecified atom stereocenters. The molecule has 0 amide bonds. The standard InChI is InChI=1S/C29H30O/c1-4-28(30)26-10-9-22-14-23(7-8-24(22)15-26)25-6-5-20(3)27(16-25)29-12-11-21(18-29)13-19(2)17-29/h4-10,14-16,19,21H,1,11-13,17-18H2,2-3H3/t19-,21?,29+/m1/s1. The zero-order chi connectivity index (χ0) is 20.9. The Labute approximate surface area is 179 Å². The molecule has 0 N–H and O–H groups in total. The number of aryl methyl sites for hydroxylation is 1. The highest BCUT2D eigenvalue weighted by molar-refractivity contribution is 6.06. The van der Waals surface area contributed by atoms with Crippen LogP contribution in [0.25, 0.3) is 21.9 Å². The van der Waals surface area contributed by atoms with Gasteiger partial charge in [-0.05, 0) is 108 Å². The van der Waals surface area contributed by atoms with Gasteiger partial charge < -0.3 is 0 Å². The lowest BCUT2D eigenvalue weighted by molar-refractivity contribution is 0.104. The molecule has 2 saturated carbocycles. The van der Waals surface area contributed by atoms with Gasteiger partial charge in [0.1, 0.15) is 0 Å². The molecule has 0 aliphatic heterocycles. The van der Waals surface area contributed by atoms with Gasteiger partial charge in [-0.3, -0.25) is 4.79 Å². The summed E-state index contributed by atoms with van der Waals surface area (Å²) in [5, 5.41) is 2.26. The maximum Gasteiger partial charge on any atom is 0.185 e. The molecule has 0 spiro atoms. The molecule has 3 aromatic rings. The predicted octanol–water partition coefficient (Wildman–Crippen LogP) is 7.65. The lowest BCUT2D eigenvalue weighted by atomic mass is 9.66. The number of rotatable bonds is 4. The van der Waals surface area contributed by atoms with Crippen LogP contribution in [0.2, 0.25) is 0 Å². The first-order valence-corrected chi connectivity index (χ1v) is 11.3. The van der Waals surface area contributed by atoms with Crippen LogP contribution in [-0.2, 0) is 5.41 Å². The van der Waals surface area contributed by atoms with Crippen molar-refractivity contribution in [3.63, 3.8) is 0 Å². The van der Waals surface area contributed by atoms with Crippen LogP contribution in [0.4, 0.5) is 0 Å². The molecule has 1 nitrogen and oxygen atoms in total. The average molecular weight is 395 g/mol. The Bertz CT molecular complexity index is 1150. The smallest absolute Gasteiger partial charge is 0.185 e. The van der Waals surface area contributed by atoms with E-state index in [1.807, 2.05) is 18.2 Å². The van der Waals surface area contributed by atoms with Crippen molar-refractivity contribution in [1.82, 2.24) is 0 Å². The van der Waals surface area contributed by atoms with E-state index in [4.69, 9.17) is 0 Å². The summed E-state index contributed by atoms with van der Waals surface area (Å²) >= 11 is 0. The Morgan fingerprint density at radius 1 is 1.00 bits per heavy atom. The second-order valence-corrected chi connectivity index (χ2v) is 9.81. The molecule has 0 heterocycles. The molecule has 30 heavy (non-hydrogen) atoms. The Morgan fingerprint density at radius 2 is 1.73 bits per heavy atom. The van der Waals surface area contributed by atoms with Gasteiger partial charge in [-0.25, -0.2) is 0 Å².